The lowest BCUT2D eigenvalue weighted by Crippen LogP contribution is -2.32. The Morgan fingerprint density at radius 3 is 2.63 bits per heavy atom. The number of benzene rings is 2. The van der Waals surface area contributed by atoms with Crippen LogP contribution in [-0.2, 0) is 10.5 Å². The van der Waals surface area contributed by atoms with Gasteiger partial charge in [0.05, 0.1) is 17.0 Å². The third-order valence-electron chi connectivity index (χ3n) is 3.98. The lowest BCUT2D eigenvalue weighted by molar-refractivity contribution is -0.113. The largest absolute Gasteiger partial charge is 0.350 e. The zero-order valence-corrected chi connectivity index (χ0v) is 16.8. The molecule has 0 aliphatic carbocycles. The number of hydrogen-bond acceptors (Lipinski definition) is 3. The van der Waals surface area contributed by atoms with E-state index in [1.165, 1.54) is 17.8 Å². The summed E-state index contributed by atoms with van der Waals surface area (Å²) in [5.74, 6) is -0.481. The van der Waals surface area contributed by atoms with Gasteiger partial charge >= 0.3 is 0 Å². The average Bonchev–Trinajstić information content (AvgIpc) is 2.64. The first-order valence-electron chi connectivity index (χ1n) is 8.62. The number of para-hydroxylation sites is 1. The minimum Gasteiger partial charge on any atom is -0.350 e. The van der Waals surface area contributed by atoms with Gasteiger partial charge in [0.25, 0.3) is 5.91 Å². The second-order valence-corrected chi connectivity index (χ2v) is 7.46. The fraction of sp³-hybridized carbons (Fsp3) is 0.300. The number of anilines is 1. The maximum absolute atomic E-state index is 13.8. The zero-order valence-electron chi connectivity index (χ0n) is 15.2. The van der Waals surface area contributed by atoms with Gasteiger partial charge < -0.3 is 10.6 Å². The van der Waals surface area contributed by atoms with Crippen LogP contribution in [0.3, 0.4) is 0 Å². The van der Waals surface area contributed by atoms with Gasteiger partial charge in [-0.1, -0.05) is 36.7 Å². The van der Waals surface area contributed by atoms with Crippen molar-refractivity contribution >= 4 is 40.9 Å². The van der Waals surface area contributed by atoms with E-state index in [4.69, 9.17) is 11.6 Å². The highest BCUT2D eigenvalue weighted by molar-refractivity contribution is 7.99. The molecule has 0 radical (unpaired) electrons. The summed E-state index contributed by atoms with van der Waals surface area (Å²) in [6.45, 7) is 3.90. The van der Waals surface area contributed by atoms with Crippen molar-refractivity contribution in [2.75, 3.05) is 11.1 Å². The predicted molar refractivity (Wildman–Crippen MR) is 110 cm³/mol. The summed E-state index contributed by atoms with van der Waals surface area (Å²) >= 11 is 7.24. The summed E-state index contributed by atoms with van der Waals surface area (Å²) < 4.78 is 13.8. The van der Waals surface area contributed by atoms with E-state index in [0.717, 1.165) is 6.42 Å². The molecule has 0 saturated heterocycles. The normalized spacial score (nSPS) is 11.7. The van der Waals surface area contributed by atoms with Crippen molar-refractivity contribution in [1.82, 2.24) is 5.32 Å². The van der Waals surface area contributed by atoms with Crippen molar-refractivity contribution in [3.05, 3.63) is 64.4 Å². The van der Waals surface area contributed by atoms with E-state index < -0.39 is 0 Å². The Balaban J connectivity index is 1.95. The van der Waals surface area contributed by atoms with Gasteiger partial charge in [-0.05, 0) is 37.6 Å². The number of thioether (sulfide) groups is 1. The van der Waals surface area contributed by atoms with E-state index in [-0.39, 0.29) is 35.2 Å². The van der Waals surface area contributed by atoms with Crippen molar-refractivity contribution in [3.8, 4) is 0 Å². The fourth-order valence-corrected chi connectivity index (χ4v) is 3.46. The molecule has 144 valence electrons. The molecule has 0 spiro atoms. The molecule has 0 saturated carbocycles. The average molecular weight is 409 g/mol. The number of halogens is 2. The van der Waals surface area contributed by atoms with E-state index in [1.54, 1.807) is 36.4 Å². The van der Waals surface area contributed by atoms with Crippen molar-refractivity contribution < 1.29 is 14.0 Å². The molecule has 0 bridgehead atoms. The number of hydrogen-bond donors (Lipinski definition) is 2. The standard InChI is InChI=1S/C20H22ClFN2O2S/c1-3-13(2)23-20(26)14-7-4-5-10-18(14)24-19(25)12-27-11-15-16(21)8-6-9-17(15)22/h4-10,13H,3,11-12H2,1-2H3,(H,23,26)(H,24,25)/t13-/m0/s1. The second kappa shape index (κ2) is 10.3. The van der Waals surface area contributed by atoms with Gasteiger partial charge in [0, 0.05) is 22.4 Å². The monoisotopic (exact) mass is 408 g/mol. The molecule has 0 aliphatic rings. The van der Waals surface area contributed by atoms with Gasteiger partial charge in [-0.25, -0.2) is 4.39 Å². The van der Waals surface area contributed by atoms with Gasteiger partial charge in [-0.15, -0.1) is 11.8 Å². The van der Waals surface area contributed by atoms with Crippen LogP contribution in [0.5, 0.6) is 0 Å². The van der Waals surface area contributed by atoms with Crippen molar-refractivity contribution in [2.24, 2.45) is 0 Å². The maximum Gasteiger partial charge on any atom is 0.253 e. The maximum atomic E-state index is 13.8. The Morgan fingerprint density at radius 2 is 1.93 bits per heavy atom. The van der Waals surface area contributed by atoms with E-state index in [1.807, 2.05) is 13.8 Å². The molecular weight excluding hydrogens is 387 g/mol. The summed E-state index contributed by atoms with van der Waals surface area (Å²) in [7, 11) is 0. The minimum absolute atomic E-state index is 0.0438. The molecule has 1 atom stereocenters. The van der Waals surface area contributed by atoms with E-state index >= 15 is 0 Å². The molecule has 0 heterocycles. The van der Waals surface area contributed by atoms with Crippen molar-refractivity contribution in [1.29, 1.82) is 0 Å². The Morgan fingerprint density at radius 1 is 1.19 bits per heavy atom. The molecule has 27 heavy (non-hydrogen) atoms. The predicted octanol–water partition coefficient (Wildman–Crippen LogP) is 4.88. The molecule has 2 amide bonds. The summed E-state index contributed by atoms with van der Waals surface area (Å²) in [6, 6.07) is 11.4. The number of amides is 2. The minimum atomic E-state index is -0.387. The Hall–Kier alpha value is -2.05. The highest BCUT2D eigenvalue weighted by atomic mass is 35.5. The van der Waals surface area contributed by atoms with Crippen LogP contribution in [-0.4, -0.2) is 23.6 Å². The fourth-order valence-electron chi connectivity index (χ4n) is 2.30. The van der Waals surface area contributed by atoms with Crippen molar-refractivity contribution in [3.63, 3.8) is 0 Å². The number of nitrogens with one attached hydrogen (secondary N) is 2. The summed E-state index contributed by atoms with van der Waals surface area (Å²) in [4.78, 5) is 24.6. The van der Waals surface area contributed by atoms with Crippen LogP contribution in [0.4, 0.5) is 10.1 Å². The second-order valence-electron chi connectivity index (χ2n) is 6.07. The lowest BCUT2D eigenvalue weighted by atomic mass is 10.1. The van der Waals surface area contributed by atoms with E-state index in [2.05, 4.69) is 10.6 Å². The van der Waals surface area contributed by atoms with Gasteiger partial charge in [-0.3, -0.25) is 9.59 Å². The molecule has 0 aliphatic heterocycles. The van der Waals surface area contributed by atoms with E-state index in [0.29, 0.717) is 21.8 Å². The summed E-state index contributed by atoms with van der Waals surface area (Å²) in [5.41, 5.74) is 1.24. The van der Waals surface area contributed by atoms with Crippen LogP contribution < -0.4 is 10.6 Å². The topological polar surface area (TPSA) is 58.2 Å². The third kappa shape index (κ3) is 6.26. The molecule has 0 fully saturated rings. The van der Waals surface area contributed by atoms with Gasteiger partial charge in [0.1, 0.15) is 5.82 Å². The van der Waals surface area contributed by atoms with Gasteiger partial charge in [0.2, 0.25) is 5.91 Å². The first-order chi connectivity index (χ1) is 12.9. The molecule has 0 aromatic heterocycles. The lowest BCUT2D eigenvalue weighted by Gasteiger charge is -2.14. The number of rotatable bonds is 8. The third-order valence-corrected chi connectivity index (χ3v) is 5.29. The molecule has 2 aromatic rings. The highest BCUT2D eigenvalue weighted by Crippen LogP contribution is 2.24. The Labute approximate surface area is 167 Å². The first-order valence-corrected chi connectivity index (χ1v) is 10.2. The van der Waals surface area contributed by atoms with Crippen LogP contribution in [0, 0.1) is 5.82 Å². The summed E-state index contributed by atoms with van der Waals surface area (Å²) in [5, 5.41) is 5.98. The number of carbonyl (C=O) groups excluding carboxylic acids is 2. The van der Waals surface area contributed by atoms with Gasteiger partial charge in [-0.2, -0.15) is 0 Å². The van der Waals surface area contributed by atoms with E-state index in [9.17, 15) is 14.0 Å². The Kier molecular flexibility index (Phi) is 8.13. The molecule has 0 unspecified atom stereocenters. The molecule has 4 nitrogen and oxygen atoms in total. The molecule has 7 heteroatoms. The first kappa shape index (κ1) is 21.3. The summed E-state index contributed by atoms with van der Waals surface area (Å²) in [6.07, 6.45) is 0.815. The SMILES string of the molecule is CC[C@H](C)NC(=O)c1ccccc1NC(=O)CSCc1c(F)cccc1Cl. The molecule has 2 N–H and O–H groups in total. The van der Waals surface area contributed by atoms with Gasteiger partial charge in [0.15, 0.2) is 0 Å². The smallest absolute Gasteiger partial charge is 0.253 e. The quantitative estimate of drug-likeness (QED) is 0.654. The van der Waals surface area contributed by atoms with Crippen molar-refractivity contribution in [2.45, 2.75) is 32.1 Å². The Bertz CT molecular complexity index is 796. The number of carbonyl (C=O) groups is 2. The van der Waals surface area contributed by atoms with Crippen LogP contribution in [0.1, 0.15) is 36.2 Å². The van der Waals surface area contributed by atoms with Crippen LogP contribution in [0.25, 0.3) is 0 Å². The molecule has 2 aromatic carbocycles. The zero-order chi connectivity index (χ0) is 19.8. The van der Waals surface area contributed by atoms with Crippen LogP contribution in [0.2, 0.25) is 5.02 Å². The van der Waals surface area contributed by atoms with Crippen LogP contribution in [0.15, 0.2) is 42.5 Å². The molecular formula is C20H22ClFN2O2S. The highest BCUT2D eigenvalue weighted by Gasteiger charge is 2.15. The molecule has 2 rings (SSSR count). The van der Waals surface area contributed by atoms with Crippen LogP contribution >= 0.6 is 23.4 Å².